The van der Waals surface area contributed by atoms with Crippen molar-refractivity contribution >= 4 is 17.5 Å². The number of benzene rings is 1. The first-order valence-corrected chi connectivity index (χ1v) is 6.61. The van der Waals surface area contributed by atoms with E-state index >= 15 is 0 Å². The van der Waals surface area contributed by atoms with Crippen molar-refractivity contribution in [3.05, 3.63) is 29.3 Å². The zero-order valence-corrected chi connectivity index (χ0v) is 11.4. The van der Waals surface area contributed by atoms with E-state index in [0.717, 1.165) is 0 Å². The molecule has 1 amide bonds. The minimum Gasteiger partial charge on any atom is -0.492 e. The maximum Gasteiger partial charge on any atom is 0.262 e. The number of carbonyl (C=O) groups excluding carboxylic acids is 1. The Bertz CT molecular complexity index is 468. The van der Waals surface area contributed by atoms with Gasteiger partial charge in [-0.05, 0) is 24.3 Å². The summed E-state index contributed by atoms with van der Waals surface area (Å²) in [7, 11) is 0. The van der Waals surface area contributed by atoms with E-state index in [0.29, 0.717) is 10.8 Å². The molecule has 7 heteroatoms. The molecule has 0 saturated carbocycles. The monoisotopic (exact) mass is 304 g/mol. The van der Waals surface area contributed by atoms with Gasteiger partial charge in [0.15, 0.2) is 0 Å². The van der Waals surface area contributed by atoms with Crippen molar-refractivity contribution in [3.63, 3.8) is 0 Å². The van der Waals surface area contributed by atoms with Gasteiger partial charge in [0.25, 0.3) is 5.92 Å². The van der Waals surface area contributed by atoms with Gasteiger partial charge in [-0.2, -0.15) is 0 Å². The van der Waals surface area contributed by atoms with Crippen LogP contribution in [-0.2, 0) is 4.79 Å². The number of ether oxygens (including phenoxy) is 1. The molecule has 2 rings (SSSR count). The van der Waals surface area contributed by atoms with Crippen LogP contribution in [0.15, 0.2) is 24.3 Å². The zero-order chi connectivity index (χ0) is 14.6. The highest BCUT2D eigenvalue weighted by atomic mass is 35.5. The van der Waals surface area contributed by atoms with Crippen LogP contribution in [0.3, 0.4) is 0 Å². The normalized spacial score (nSPS) is 20.6. The highest BCUT2D eigenvalue weighted by Gasteiger charge is 2.42. The standard InChI is InChI=1S/C13H15ClF2N2O2/c14-9-1-3-10(4-2-9)20-6-5-17-12(19)11-7-13(15,16)8-18-11/h1-4,11,18H,5-8H2,(H,17,19). The molecular weight excluding hydrogens is 290 g/mol. The number of hydrogen-bond acceptors (Lipinski definition) is 3. The number of rotatable bonds is 5. The molecule has 1 saturated heterocycles. The minimum absolute atomic E-state index is 0.255. The van der Waals surface area contributed by atoms with Gasteiger partial charge in [-0.3, -0.25) is 10.1 Å². The molecular formula is C13H15ClF2N2O2. The van der Waals surface area contributed by atoms with Crippen LogP contribution in [0.1, 0.15) is 6.42 Å². The van der Waals surface area contributed by atoms with Gasteiger partial charge < -0.3 is 10.1 Å². The quantitative estimate of drug-likeness (QED) is 0.816. The molecule has 1 aliphatic rings. The van der Waals surface area contributed by atoms with E-state index in [9.17, 15) is 13.6 Å². The van der Waals surface area contributed by atoms with Gasteiger partial charge in [0.1, 0.15) is 12.4 Å². The Labute approximate surface area is 120 Å². The average Bonchev–Trinajstić information content (AvgIpc) is 2.77. The lowest BCUT2D eigenvalue weighted by Crippen LogP contribution is -2.41. The molecule has 20 heavy (non-hydrogen) atoms. The predicted molar refractivity (Wildman–Crippen MR) is 71.3 cm³/mol. The molecule has 0 bridgehead atoms. The summed E-state index contributed by atoms with van der Waals surface area (Å²) in [6, 6.07) is 5.98. The third-order valence-corrected chi connectivity index (χ3v) is 3.16. The van der Waals surface area contributed by atoms with Gasteiger partial charge >= 0.3 is 0 Å². The minimum atomic E-state index is -2.80. The number of nitrogens with one attached hydrogen (secondary N) is 2. The number of halogens is 3. The van der Waals surface area contributed by atoms with Crippen molar-refractivity contribution in [3.8, 4) is 5.75 Å². The molecule has 1 unspecified atom stereocenters. The Kier molecular flexibility index (Phi) is 4.77. The predicted octanol–water partition coefficient (Wildman–Crippen LogP) is 1.83. The van der Waals surface area contributed by atoms with Gasteiger partial charge in [-0.25, -0.2) is 8.78 Å². The zero-order valence-electron chi connectivity index (χ0n) is 10.7. The van der Waals surface area contributed by atoms with Crippen LogP contribution in [0, 0.1) is 0 Å². The van der Waals surface area contributed by atoms with E-state index in [1.165, 1.54) is 0 Å². The maximum absolute atomic E-state index is 12.9. The Hall–Kier alpha value is -1.40. The van der Waals surface area contributed by atoms with Gasteiger partial charge in [-0.15, -0.1) is 0 Å². The van der Waals surface area contributed by atoms with Crippen molar-refractivity contribution in [1.82, 2.24) is 10.6 Å². The van der Waals surface area contributed by atoms with Crippen molar-refractivity contribution in [2.75, 3.05) is 19.7 Å². The second kappa shape index (κ2) is 6.37. The van der Waals surface area contributed by atoms with E-state index in [1.807, 2.05) is 0 Å². The van der Waals surface area contributed by atoms with Crippen LogP contribution in [0.2, 0.25) is 5.02 Å². The molecule has 2 N–H and O–H groups in total. The molecule has 0 radical (unpaired) electrons. The molecule has 0 aromatic heterocycles. The largest absolute Gasteiger partial charge is 0.492 e. The summed E-state index contributed by atoms with van der Waals surface area (Å²) in [4.78, 5) is 11.6. The summed E-state index contributed by atoms with van der Waals surface area (Å²) in [6.45, 7) is 0.0635. The van der Waals surface area contributed by atoms with E-state index in [4.69, 9.17) is 16.3 Å². The highest BCUT2D eigenvalue weighted by Crippen LogP contribution is 2.24. The molecule has 0 spiro atoms. The summed E-state index contributed by atoms with van der Waals surface area (Å²) in [5.41, 5.74) is 0. The van der Waals surface area contributed by atoms with Crippen LogP contribution < -0.4 is 15.4 Å². The third-order valence-electron chi connectivity index (χ3n) is 2.91. The Balaban J connectivity index is 1.66. The summed E-state index contributed by atoms with van der Waals surface area (Å²) in [5, 5.41) is 5.66. The van der Waals surface area contributed by atoms with Crippen molar-refractivity contribution in [2.24, 2.45) is 0 Å². The van der Waals surface area contributed by atoms with Crippen LogP contribution in [0.4, 0.5) is 8.78 Å². The Morgan fingerprint density at radius 3 is 2.75 bits per heavy atom. The molecule has 1 heterocycles. The van der Waals surface area contributed by atoms with Crippen LogP contribution in [0.25, 0.3) is 0 Å². The summed E-state index contributed by atoms with van der Waals surface area (Å²) >= 11 is 5.73. The first-order valence-electron chi connectivity index (χ1n) is 6.24. The number of carbonyl (C=O) groups is 1. The van der Waals surface area contributed by atoms with Crippen molar-refractivity contribution < 1.29 is 18.3 Å². The van der Waals surface area contributed by atoms with Gasteiger partial charge in [0.2, 0.25) is 5.91 Å². The van der Waals surface area contributed by atoms with Gasteiger partial charge in [-0.1, -0.05) is 11.6 Å². The molecule has 4 nitrogen and oxygen atoms in total. The second-order valence-electron chi connectivity index (χ2n) is 4.59. The Morgan fingerprint density at radius 1 is 1.45 bits per heavy atom. The fraction of sp³-hybridized carbons (Fsp3) is 0.462. The molecule has 0 aliphatic carbocycles. The Morgan fingerprint density at radius 2 is 2.15 bits per heavy atom. The summed E-state index contributed by atoms with van der Waals surface area (Å²) < 4.78 is 31.2. The SMILES string of the molecule is O=C(NCCOc1ccc(Cl)cc1)C1CC(F)(F)CN1. The lowest BCUT2D eigenvalue weighted by Gasteiger charge is -2.11. The molecule has 110 valence electrons. The van der Waals surface area contributed by atoms with Crippen LogP contribution >= 0.6 is 11.6 Å². The maximum atomic E-state index is 12.9. The fourth-order valence-corrected chi connectivity index (χ4v) is 2.02. The second-order valence-corrected chi connectivity index (χ2v) is 5.02. The molecule has 1 fully saturated rings. The fourth-order valence-electron chi connectivity index (χ4n) is 1.90. The number of alkyl halides is 2. The number of hydrogen-bond donors (Lipinski definition) is 2. The highest BCUT2D eigenvalue weighted by molar-refractivity contribution is 6.30. The van der Waals surface area contributed by atoms with E-state index in [-0.39, 0.29) is 13.2 Å². The van der Waals surface area contributed by atoms with Crippen LogP contribution in [0.5, 0.6) is 5.75 Å². The van der Waals surface area contributed by atoms with Gasteiger partial charge in [0.05, 0.1) is 19.1 Å². The topological polar surface area (TPSA) is 50.4 Å². The van der Waals surface area contributed by atoms with Crippen molar-refractivity contribution in [2.45, 2.75) is 18.4 Å². The van der Waals surface area contributed by atoms with E-state index in [1.54, 1.807) is 24.3 Å². The van der Waals surface area contributed by atoms with Crippen molar-refractivity contribution in [1.29, 1.82) is 0 Å². The smallest absolute Gasteiger partial charge is 0.262 e. The number of amides is 1. The molecule has 1 aromatic carbocycles. The summed E-state index contributed by atoms with van der Waals surface area (Å²) in [5.74, 6) is -2.60. The lowest BCUT2D eigenvalue weighted by atomic mass is 10.2. The molecule has 1 aromatic rings. The molecule has 1 aliphatic heterocycles. The first-order chi connectivity index (χ1) is 9.46. The van der Waals surface area contributed by atoms with E-state index in [2.05, 4.69) is 10.6 Å². The summed E-state index contributed by atoms with van der Waals surface area (Å²) in [6.07, 6.45) is -0.461. The average molecular weight is 305 g/mol. The third kappa shape index (κ3) is 4.31. The first kappa shape index (κ1) is 15.0. The van der Waals surface area contributed by atoms with Crippen LogP contribution in [-0.4, -0.2) is 37.6 Å². The van der Waals surface area contributed by atoms with E-state index < -0.39 is 30.8 Å². The lowest BCUT2D eigenvalue weighted by molar-refractivity contribution is -0.123. The molecule has 1 atom stereocenters. The van der Waals surface area contributed by atoms with Gasteiger partial charge in [0, 0.05) is 11.4 Å².